The maximum Gasteiger partial charge on any atom is 0.280 e. The van der Waals surface area contributed by atoms with Gasteiger partial charge in [-0.1, -0.05) is 83.5 Å². The molecule has 32 heavy (non-hydrogen) atoms. The van der Waals surface area contributed by atoms with Crippen LogP contribution >= 0.6 is 22.9 Å². The van der Waals surface area contributed by atoms with E-state index in [1.807, 2.05) is 71.3 Å². The summed E-state index contributed by atoms with van der Waals surface area (Å²) in [4.78, 5) is 23.2. The Bertz CT molecular complexity index is 1590. The summed E-state index contributed by atoms with van der Waals surface area (Å²) in [7, 11) is 0. The molecule has 154 valence electrons. The molecule has 5 rings (SSSR count). The Labute approximate surface area is 193 Å². The molecule has 0 aliphatic carbocycles. The first-order valence-electron chi connectivity index (χ1n) is 9.91. The number of rotatable bonds is 3. The molecule has 0 aliphatic heterocycles. The zero-order chi connectivity index (χ0) is 22.1. The lowest BCUT2D eigenvalue weighted by atomic mass is 10.0. The number of fused-ring (bicyclic) bond motifs is 2. The highest BCUT2D eigenvalue weighted by atomic mass is 35.5. The maximum absolute atomic E-state index is 13.4. The molecule has 6 heteroatoms. The molecule has 0 saturated carbocycles. The average molecular weight is 454 g/mol. The van der Waals surface area contributed by atoms with Crippen LogP contribution in [0, 0.1) is 12.3 Å². The van der Waals surface area contributed by atoms with Crippen molar-refractivity contribution in [2.45, 2.75) is 6.54 Å². The largest absolute Gasteiger partial charge is 0.303 e. The van der Waals surface area contributed by atoms with Crippen LogP contribution in [-0.2, 0) is 6.54 Å². The number of amides is 1. The van der Waals surface area contributed by atoms with Crippen molar-refractivity contribution in [2.24, 2.45) is 4.99 Å². The van der Waals surface area contributed by atoms with Gasteiger partial charge in [0.1, 0.15) is 0 Å². The van der Waals surface area contributed by atoms with Crippen LogP contribution in [0.1, 0.15) is 10.4 Å². The highest BCUT2D eigenvalue weighted by molar-refractivity contribution is 7.16. The summed E-state index contributed by atoms with van der Waals surface area (Å²) in [6.45, 7) is 0.266. The number of carbonyl (C=O) groups excluding carboxylic acids is 1. The first-order chi connectivity index (χ1) is 15.7. The Morgan fingerprint density at radius 3 is 2.66 bits per heavy atom. The van der Waals surface area contributed by atoms with E-state index in [1.54, 1.807) is 12.1 Å². The molecule has 1 amide bonds. The Kier molecular flexibility index (Phi) is 5.32. The molecule has 2 aromatic heterocycles. The third-order valence-electron chi connectivity index (χ3n) is 5.11. The fourth-order valence-electron chi connectivity index (χ4n) is 3.67. The summed E-state index contributed by atoms with van der Waals surface area (Å²) in [5.74, 6) is 2.28. The molecule has 5 aromatic rings. The minimum Gasteiger partial charge on any atom is -0.303 e. The quantitative estimate of drug-likeness (QED) is 0.317. The second-order valence-electron chi connectivity index (χ2n) is 7.12. The highest BCUT2D eigenvalue weighted by Gasteiger charge is 2.15. The predicted molar refractivity (Wildman–Crippen MR) is 131 cm³/mol. The number of para-hydroxylation sites is 2. The molecule has 0 aliphatic rings. The number of thiazole rings is 1. The van der Waals surface area contributed by atoms with Gasteiger partial charge >= 0.3 is 0 Å². The number of nitrogens with zero attached hydrogens (tertiary/aromatic N) is 3. The molecule has 0 atom stereocenters. The number of benzene rings is 3. The number of carbonyl (C=O) groups is 1. The van der Waals surface area contributed by atoms with E-state index in [0.29, 0.717) is 15.4 Å². The van der Waals surface area contributed by atoms with Crippen molar-refractivity contribution in [3.63, 3.8) is 0 Å². The van der Waals surface area contributed by atoms with Crippen LogP contribution in [-0.4, -0.2) is 15.5 Å². The summed E-state index contributed by atoms with van der Waals surface area (Å²) < 4.78 is 2.73. The zero-order valence-electron chi connectivity index (χ0n) is 16.8. The second-order valence-corrected chi connectivity index (χ2v) is 8.53. The minimum atomic E-state index is -0.353. The van der Waals surface area contributed by atoms with E-state index < -0.39 is 0 Å². The van der Waals surface area contributed by atoms with Crippen LogP contribution in [0.5, 0.6) is 0 Å². The third kappa shape index (κ3) is 3.60. The maximum atomic E-state index is 13.4. The molecule has 0 spiro atoms. The molecule has 0 bridgehead atoms. The van der Waals surface area contributed by atoms with Crippen molar-refractivity contribution in [3.05, 3.63) is 94.3 Å². The van der Waals surface area contributed by atoms with E-state index in [-0.39, 0.29) is 12.5 Å². The lowest BCUT2D eigenvalue weighted by Gasteiger charge is -2.07. The van der Waals surface area contributed by atoms with Gasteiger partial charge in [-0.05, 0) is 24.3 Å². The van der Waals surface area contributed by atoms with E-state index in [9.17, 15) is 4.79 Å². The van der Waals surface area contributed by atoms with E-state index in [1.165, 1.54) is 11.3 Å². The highest BCUT2D eigenvalue weighted by Crippen LogP contribution is 2.27. The summed E-state index contributed by atoms with van der Waals surface area (Å²) in [5.41, 5.74) is 3.67. The summed E-state index contributed by atoms with van der Waals surface area (Å²) >= 11 is 7.80. The van der Waals surface area contributed by atoms with Crippen LogP contribution in [0.25, 0.3) is 32.4 Å². The van der Waals surface area contributed by atoms with Gasteiger partial charge in [0.2, 0.25) is 0 Å². The number of terminal acetylenes is 1. The molecule has 0 N–H and O–H groups in total. The monoisotopic (exact) mass is 453 g/mol. The number of hydrogen-bond acceptors (Lipinski definition) is 3. The second kappa shape index (κ2) is 8.43. The van der Waals surface area contributed by atoms with Gasteiger partial charge in [0.15, 0.2) is 4.80 Å². The van der Waals surface area contributed by atoms with Gasteiger partial charge in [-0.15, -0.1) is 6.42 Å². The van der Waals surface area contributed by atoms with Gasteiger partial charge in [-0.2, -0.15) is 4.99 Å². The Morgan fingerprint density at radius 1 is 1.06 bits per heavy atom. The van der Waals surface area contributed by atoms with Gasteiger partial charge < -0.3 is 4.57 Å². The first-order valence-corrected chi connectivity index (χ1v) is 11.1. The van der Waals surface area contributed by atoms with Gasteiger partial charge in [-0.3, -0.25) is 4.79 Å². The Morgan fingerprint density at radius 2 is 1.84 bits per heavy atom. The van der Waals surface area contributed by atoms with E-state index in [0.717, 1.165) is 32.4 Å². The molecule has 0 saturated heterocycles. The molecule has 2 heterocycles. The van der Waals surface area contributed by atoms with E-state index in [2.05, 4.69) is 10.9 Å². The number of aromatic nitrogens is 2. The van der Waals surface area contributed by atoms with Crippen molar-refractivity contribution >= 4 is 50.0 Å². The zero-order valence-corrected chi connectivity index (χ0v) is 18.4. The van der Waals surface area contributed by atoms with Gasteiger partial charge in [0.05, 0.1) is 38.6 Å². The normalized spacial score (nSPS) is 11.7. The third-order valence-corrected chi connectivity index (χ3v) is 6.46. The minimum absolute atomic E-state index is 0.266. The molecular weight excluding hydrogens is 438 g/mol. The van der Waals surface area contributed by atoms with Crippen LogP contribution in [0.4, 0.5) is 0 Å². The van der Waals surface area contributed by atoms with Gasteiger partial charge in [0.25, 0.3) is 5.91 Å². The first kappa shape index (κ1) is 20.2. The lowest BCUT2D eigenvalue weighted by molar-refractivity contribution is 0.0999. The SMILES string of the molecule is C#CCn1c(=NC(=O)c2cc(-c3ccccc3)nc3ccccc23)sc2cccc(Cl)c21. The summed E-state index contributed by atoms with van der Waals surface area (Å²) in [5, 5.41) is 1.33. The fraction of sp³-hybridized carbons (Fsp3) is 0.0385. The summed E-state index contributed by atoms with van der Waals surface area (Å²) in [6.07, 6.45) is 5.59. The number of pyridine rings is 1. The molecule has 3 aromatic carbocycles. The van der Waals surface area contributed by atoms with Crippen molar-refractivity contribution in [2.75, 3.05) is 0 Å². The molecule has 0 radical (unpaired) electrons. The Balaban J connectivity index is 1.73. The van der Waals surface area contributed by atoms with Gasteiger partial charge in [-0.25, -0.2) is 4.98 Å². The smallest absolute Gasteiger partial charge is 0.280 e. The predicted octanol–water partition coefficient (Wildman–Crippen LogP) is 5.95. The summed E-state index contributed by atoms with van der Waals surface area (Å²) in [6, 6.07) is 24.8. The van der Waals surface area contributed by atoms with E-state index in [4.69, 9.17) is 23.0 Å². The molecular formula is C26H16ClN3OS. The average Bonchev–Trinajstić information content (AvgIpc) is 3.17. The van der Waals surface area contributed by atoms with Crippen molar-refractivity contribution < 1.29 is 4.79 Å². The van der Waals surface area contributed by atoms with Crippen LogP contribution in [0.2, 0.25) is 5.02 Å². The number of hydrogen-bond donors (Lipinski definition) is 0. The van der Waals surface area contributed by atoms with E-state index >= 15 is 0 Å². The van der Waals surface area contributed by atoms with Crippen LogP contribution in [0.15, 0.2) is 83.9 Å². The molecule has 0 fully saturated rings. The van der Waals surface area contributed by atoms with Crippen molar-refractivity contribution in [3.8, 4) is 23.6 Å². The van der Waals surface area contributed by atoms with Crippen molar-refractivity contribution in [1.29, 1.82) is 0 Å². The fourth-order valence-corrected chi connectivity index (χ4v) is 5.05. The van der Waals surface area contributed by atoms with Crippen LogP contribution in [0.3, 0.4) is 0 Å². The standard InChI is InChI=1S/C26H16ClN3OS/c1-2-15-30-24-20(27)12-8-14-23(24)32-26(30)29-25(31)19-16-22(17-9-4-3-5-10-17)28-21-13-7-6-11-18(19)21/h1,3-14,16H,15H2. The topological polar surface area (TPSA) is 47.2 Å². The molecule has 4 nitrogen and oxygen atoms in total. The van der Waals surface area contributed by atoms with Gasteiger partial charge in [0, 0.05) is 10.9 Å². The number of halogens is 1. The lowest BCUT2D eigenvalue weighted by Crippen LogP contribution is -2.17. The van der Waals surface area contributed by atoms with Crippen molar-refractivity contribution in [1.82, 2.24) is 9.55 Å². The van der Waals surface area contributed by atoms with Crippen LogP contribution < -0.4 is 4.80 Å². The Hall–Kier alpha value is -3.72. The molecule has 0 unspecified atom stereocenters.